The Morgan fingerprint density at radius 2 is 2.14 bits per heavy atom. The van der Waals surface area contributed by atoms with Gasteiger partial charge in [-0.05, 0) is 19.4 Å². The van der Waals surface area contributed by atoms with Crippen molar-refractivity contribution in [1.82, 2.24) is 14.3 Å². The highest BCUT2D eigenvalue weighted by atomic mass is 32.2. The van der Waals surface area contributed by atoms with Crippen molar-refractivity contribution in [3.63, 3.8) is 0 Å². The third-order valence-electron chi connectivity index (χ3n) is 5.22. The highest BCUT2D eigenvalue weighted by molar-refractivity contribution is 7.91. The second kappa shape index (κ2) is 7.64. The first-order chi connectivity index (χ1) is 13.9. The van der Waals surface area contributed by atoms with E-state index in [2.05, 4.69) is 10.4 Å². The minimum Gasteiger partial charge on any atom is -0.383 e. The predicted octanol–water partition coefficient (Wildman–Crippen LogP) is 2.40. The molecule has 0 spiro atoms. The van der Waals surface area contributed by atoms with Crippen LogP contribution in [0, 0.1) is 6.92 Å². The lowest BCUT2D eigenvalue weighted by Crippen LogP contribution is -2.19. The quantitative estimate of drug-likeness (QED) is 0.666. The number of fused-ring (bicyclic) bond motifs is 1. The number of nitrogens with zero attached hydrogens (tertiary/aromatic N) is 3. The minimum atomic E-state index is -3.05. The summed E-state index contributed by atoms with van der Waals surface area (Å²) in [5.41, 5.74) is 2.24. The number of rotatable bonds is 6. The zero-order valence-corrected chi connectivity index (χ0v) is 17.3. The van der Waals surface area contributed by atoms with Crippen molar-refractivity contribution in [1.29, 1.82) is 0 Å². The maximum absolute atomic E-state index is 13.1. The van der Waals surface area contributed by atoms with Crippen molar-refractivity contribution in [2.45, 2.75) is 25.9 Å². The van der Waals surface area contributed by atoms with Gasteiger partial charge in [-0.1, -0.05) is 18.2 Å². The molecule has 1 atom stereocenters. The Hall–Kier alpha value is -2.65. The van der Waals surface area contributed by atoms with E-state index in [0.29, 0.717) is 31.0 Å². The molecule has 1 N–H and O–H groups in total. The van der Waals surface area contributed by atoms with E-state index in [0.717, 1.165) is 16.6 Å². The van der Waals surface area contributed by atoms with Crippen LogP contribution in [0.15, 0.2) is 36.5 Å². The van der Waals surface area contributed by atoms with Gasteiger partial charge in [0.15, 0.2) is 9.84 Å². The Balaban J connectivity index is 1.64. The van der Waals surface area contributed by atoms with Gasteiger partial charge in [-0.25, -0.2) is 13.1 Å². The Morgan fingerprint density at radius 3 is 2.86 bits per heavy atom. The number of carbonyl (C=O) groups is 1. The number of anilines is 1. The second-order valence-corrected chi connectivity index (χ2v) is 9.60. The fourth-order valence-electron chi connectivity index (χ4n) is 3.84. The molecule has 4 rings (SSSR count). The molecule has 8 nitrogen and oxygen atoms in total. The van der Waals surface area contributed by atoms with Crippen molar-refractivity contribution in [3.05, 3.63) is 47.8 Å². The summed E-state index contributed by atoms with van der Waals surface area (Å²) in [6.07, 6.45) is 2.33. The van der Waals surface area contributed by atoms with Crippen molar-refractivity contribution in [3.8, 4) is 0 Å². The summed E-state index contributed by atoms with van der Waals surface area (Å²) in [5, 5.41) is 8.22. The summed E-state index contributed by atoms with van der Waals surface area (Å²) < 4.78 is 32.6. The molecule has 3 aromatic rings. The number of sulfone groups is 1. The molecule has 0 saturated carbocycles. The summed E-state index contributed by atoms with van der Waals surface area (Å²) in [7, 11) is -1.41. The number of carbonyl (C=O) groups excluding carboxylic acids is 1. The van der Waals surface area contributed by atoms with Gasteiger partial charge in [0.1, 0.15) is 5.82 Å². The number of hydrogen-bond donors (Lipinski definition) is 1. The van der Waals surface area contributed by atoms with Crippen LogP contribution < -0.4 is 5.32 Å². The van der Waals surface area contributed by atoms with Crippen LogP contribution in [0.3, 0.4) is 0 Å². The average Bonchev–Trinajstić information content (AvgIpc) is 3.35. The molecule has 1 amide bonds. The zero-order valence-electron chi connectivity index (χ0n) is 16.5. The molecule has 1 fully saturated rings. The maximum atomic E-state index is 13.1. The number of ether oxygens (including phenoxy) is 1. The zero-order chi connectivity index (χ0) is 20.6. The maximum Gasteiger partial charge on any atom is 0.258 e. The van der Waals surface area contributed by atoms with Gasteiger partial charge in [0.2, 0.25) is 0 Å². The number of amides is 1. The lowest BCUT2D eigenvalue weighted by molar-refractivity contribution is 0.102. The van der Waals surface area contributed by atoms with Gasteiger partial charge in [-0.15, -0.1) is 0 Å². The van der Waals surface area contributed by atoms with Crippen molar-refractivity contribution in [2.24, 2.45) is 0 Å². The summed E-state index contributed by atoms with van der Waals surface area (Å²) in [4.78, 5) is 13.1. The Morgan fingerprint density at radius 1 is 1.34 bits per heavy atom. The molecule has 1 aliphatic rings. The predicted molar refractivity (Wildman–Crippen MR) is 111 cm³/mol. The van der Waals surface area contributed by atoms with Crippen LogP contribution in [0.2, 0.25) is 0 Å². The number of hydrogen-bond acceptors (Lipinski definition) is 5. The number of nitrogens with one attached hydrogen (secondary N) is 1. The van der Waals surface area contributed by atoms with Crippen LogP contribution in [0.25, 0.3) is 10.9 Å². The van der Waals surface area contributed by atoms with Crippen LogP contribution in [-0.4, -0.2) is 53.9 Å². The van der Waals surface area contributed by atoms with Gasteiger partial charge < -0.3 is 14.6 Å². The summed E-state index contributed by atoms with van der Waals surface area (Å²) >= 11 is 0. The van der Waals surface area contributed by atoms with E-state index >= 15 is 0 Å². The third kappa shape index (κ3) is 3.92. The Kier molecular flexibility index (Phi) is 5.18. The third-order valence-corrected chi connectivity index (χ3v) is 6.97. The summed E-state index contributed by atoms with van der Waals surface area (Å²) in [6, 6.07) is 9.24. The largest absolute Gasteiger partial charge is 0.383 e. The van der Waals surface area contributed by atoms with Crippen LogP contribution in [0.5, 0.6) is 0 Å². The van der Waals surface area contributed by atoms with E-state index in [9.17, 15) is 13.2 Å². The lowest BCUT2D eigenvalue weighted by Gasteiger charge is -2.13. The molecular weight excluding hydrogens is 392 g/mol. The van der Waals surface area contributed by atoms with Crippen LogP contribution in [0.4, 0.5) is 5.82 Å². The number of para-hydroxylation sites is 1. The van der Waals surface area contributed by atoms with E-state index in [-0.39, 0.29) is 23.5 Å². The fraction of sp³-hybridized carbons (Fsp3) is 0.400. The van der Waals surface area contributed by atoms with Crippen LogP contribution in [-0.2, 0) is 21.1 Å². The molecular formula is C20H24N4O4S. The van der Waals surface area contributed by atoms with Gasteiger partial charge in [0, 0.05) is 36.8 Å². The first-order valence-electron chi connectivity index (χ1n) is 9.53. The van der Waals surface area contributed by atoms with Crippen molar-refractivity contribution >= 4 is 32.5 Å². The Labute approximate surface area is 169 Å². The molecule has 0 aliphatic carbocycles. The molecule has 1 saturated heterocycles. The molecule has 2 aromatic heterocycles. The van der Waals surface area contributed by atoms with E-state index in [1.54, 1.807) is 17.9 Å². The first kappa shape index (κ1) is 19.7. The molecule has 1 aliphatic heterocycles. The number of benzene rings is 1. The molecule has 29 heavy (non-hydrogen) atoms. The highest BCUT2D eigenvalue weighted by Gasteiger charge is 2.31. The van der Waals surface area contributed by atoms with Crippen LogP contribution >= 0.6 is 0 Å². The van der Waals surface area contributed by atoms with Crippen molar-refractivity contribution in [2.75, 3.05) is 30.5 Å². The van der Waals surface area contributed by atoms with E-state index in [1.165, 1.54) is 0 Å². The lowest BCUT2D eigenvalue weighted by atomic mass is 10.1. The van der Waals surface area contributed by atoms with E-state index < -0.39 is 9.84 Å². The summed E-state index contributed by atoms with van der Waals surface area (Å²) in [6.45, 7) is 3.01. The molecule has 1 aromatic carbocycles. The van der Waals surface area contributed by atoms with E-state index in [1.807, 2.05) is 42.0 Å². The molecule has 0 radical (unpaired) electrons. The van der Waals surface area contributed by atoms with Crippen LogP contribution in [0.1, 0.15) is 28.5 Å². The molecule has 1 unspecified atom stereocenters. The smallest absolute Gasteiger partial charge is 0.258 e. The molecule has 3 heterocycles. The molecule has 154 valence electrons. The van der Waals surface area contributed by atoms with Gasteiger partial charge in [0.25, 0.3) is 5.91 Å². The topological polar surface area (TPSA) is 95.2 Å². The molecule has 9 heteroatoms. The fourth-order valence-corrected chi connectivity index (χ4v) is 5.53. The monoisotopic (exact) mass is 416 g/mol. The summed E-state index contributed by atoms with van der Waals surface area (Å²) in [5.74, 6) is 0.465. The minimum absolute atomic E-state index is 0.0489. The number of methoxy groups -OCH3 is 1. The Bertz CT molecular complexity index is 1160. The SMILES string of the molecule is COCCn1cc(C(=O)Nc2cc(C)nn2C2CCS(=O)(=O)C2)c2ccccc21. The average molecular weight is 417 g/mol. The van der Waals surface area contributed by atoms with Gasteiger partial charge >= 0.3 is 0 Å². The molecule has 0 bridgehead atoms. The number of aryl methyl sites for hydroxylation is 1. The second-order valence-electron chi connectivity index (χ2n) is 7.37. The van der Waals surface area contributed by atoms with Crippen molar-refractivity contribution < 1.29 is 17.9 Å². The normalized spacial score (nSPS) is 18.3. The highest BCUT2D eigenvalue weighted by Crippen LogP contribution is 2.28. The van der Waals surface area contributed by atoms with E-state index in [4.69, 9.17) is 4.74 Å². The van der Waals surface area contributed by atoms with Gasteiger partial charge in [-0.3, -0.25) is 4.79 Å². The number of aromatic nitrogens is 3. The first-order valence-corrected chi connectivity index (χ1v) is 11.3. The van der Waals surface area contributed by atoms with Gasteiger partial charge in [0.05, 0.1) is 35.4 Å². The standard InChI is InChI=1S/C20H24N4O4S/c1-14-11-19(24(22-14)15-7-10-29(26,27)13-15)21-20(25)17-12-23(8-9-28-2)18-6-4-3-5-16(17)18/h3-6,11-12,15H,7-10,13H2,1-2H3,(H,21,25). The van der Waals surface area contributed by atoms with Gasteiger partial charge in [-0.2, -0.15) is 5.10 Å².